The van der Waals surface area contributed by atoms with Crippen molar-refractivity contribution in [3.05, 3.63) is 59.7 Å². The first-order chi connectivity index (χ1) is 15.2. The smallest absolute Gasteiger partial charge is 0.404 e. The third-order valence-electron chi connectivity index (χ3n) is 5.86. The van der Waals surface area contributed by atoms with Crippen LogP contribution < -0.4 is 9.46 Å². The van der Waals surface area contributed by atoms with E-state index in [-0.39, 0.29) is 16.8 Å². The Morgan fingerprint density at radius 3 is 2.28 bits per heavy atom. The van der Waals surface area contributed by atoms with E-state index in [1.807, 2.05) is 22.9 Å². The van der Waals surface area contributed by atoms with Gasteiger partial charge < -0.3 is 9.64 Å². The molecule has 11 heteroatoms. The number of nitrogens with zero attached hydrogens (tertiary/aromatic N) is 2. The van der Waals surface area contributed by atoms with Crippen LogP contribution in [0, 0.1) is 0 Å². The van der Waals surface area contributed by atoms with E-state index in [1.165, 1.54) is 11.6 Å². The molecule has 1 heterocycles. The number of amides is 1. The van der Waals surface area contributed by atoms with Crippen LogP contribution in [0.25, 0.3) is 0 Å². The van der Waals surface area contributed by atoms with Crippen molar-refractivity contribution in [2.75, 3.05) is 30.9 Å². The van der Waals surface area contributed by atoms with Gasteiger partial charge in [0.15, 0.2) is 5.75 Å². The highest BCUT2D eigenvalue weighted by molar-refractivity contribution is 7.80. The average Bonchev–Trinajstić information content (AvgIpc) is 3.56. The number of hydrogen-bond acceptors (Lipinski definition) is 4. The van der Waals surface area contributed by atoms with E-state index < -0.39 is 29.3 Å². The predicted octanol–water partition coefficient (Wildman–Crippen LogP) is 3.58. The van der Waals surface area contributed by atoms with E-state index >= 15 is 0 Å². The summed E-state index contributed by atoms with van der Waals surface area (Å²) in [7, 11) is 0. The fraction of sp³-hybridized carbons (Fsp3) is 0.381. The summed E-state index contributed by atoms with van der Waals surface area (Å²) < 4.78 is 64.1. The highest BCUT2D eigenvalue weighted by atomic mass is 32.2. The Hall–Kier alpha value is -2.63. The molecule has 1 unspecified atom stereocenters. The summed E-state index contributed by atoms with van der Waals surface area (Å²) in [6.45, 7) is 2.22. The van der Waals surface area contributed by atoms with Crippen LogP contribution >= 0.6 is 0 Å². The zero-order valence-corrected chi connectivity index (χ0v) is 17.8. The van der Waals surface area contributed by atoms with E-state index in [0.29, 0.717) is 26.2 Å². The van der Waals surface area contributed by atoms with Crippen molar-refractivity contribution in [3.8, 4) is 5.75 Å². The molecule has 2 aliphatic rings. The zero-order valence-electron chi connectivity index (χ0n) is 17.0. The van der Waals surface area contributed by atoms with Gasteiger partial charge in [-0.2, -0.15) is 0 Å². The molecule has 2 N–H and O–H groups in total. The maximum atomic E-state index is 12.9. The van der Waals surface area contributed by atoms with Crippen LogP contribution in [-0.2, 0) is 16.8 Å². The number of hydrogen-bond donors (Lipinski definition) is 2. The number of benzene rings is 2. The first-order valence-electron chi connectivity index (χ1n) is 10.1. The molecule has 1 aliphatic heterocycles. The van der Waals surface area contributed by atoms with Crippen molar-refractivity contribution in [3.63, 3.8) is 0 Å². The number of piperazine rings is 1. The van der Waals surface area contributed by atoms with Crippen LogP contribution in [0.2, 0.25) is 0 Å². The van der Waals surface area contributed by atoms with Crippen molar-refractivity contribution in [1.29, 1.82) is 0 Å². The summed E-state index contributed by atoms with van der Waals surface area (Å²) in [6.07, 6.45) is -2.90. The Morgan fingerprint density at radius 2 is 1.72 bits per heavy atom. The van der Waals surface area contributed by atoms with Crippen LogP contribution in [-0.4, -0.2) is 57.0 Å². The molecule has 2 aromatic rings. The summed E-state index contributed by atoms with van der Waals surface area (Å²) in [6, 6.07) is 13.6. The number of halogens is 3. The Labute approximate surface area is 185 Å². The SMILES string of the molecule is O=C(c1ccc(NS(=O)O)c(OC(F)(F)F)c1)N1CCN(C2(c3ccccc3)CC2)CC1. The molecule has 0 spiro atoms. The lowest BCUT2D eigenvalue weighted by molar-refractivity contribution is -0.274. The maximum absolute atomic E-state index is 12.9. The minimum absolute atomic E-state index is 0.0103. The van der Waals surface area contributed by atoms with E-state index in [4.69, 9.17) is 4.55 Å². The molecule has 1 aliphatic carbocycles. The first-order valence-corrected chi connectivity index (χ1v) is 11.2. The van der Waals surface area contributed by atoms with Crippen molar-refractivity contribution >= 4 is 22.9 Å². The third kappa shape index (κ3) is 4.89. The van der Waals surface area contributed by atoms with Gasteiger partial charge in [-0.3, -0.25) is 19.0 Å². The standard InChI is InChI=1S/C21H22F3N3O4S/c22-21(23,24)31-18-14-15(6-7-17(18)25-32(29)30)19(28)26-10-12-27(13-11-26)20(8-9-20)16-4-2-1-3-5-16/h1-7,14,25H,8-13H2,(H,29,30). The Bertz CT molecular complexity index is 1010. The number of carbonyl (C=O) groups excluding carboxylic acids is 1. The number of rotatable bonds is 6. The molecular weight excluding hydrogens is 447 g/mol. The van der Waals surface area contributed by atoms with Gasteiger partial charge in [-0.1, -0.05) is 30.3 Å². The highest BCUT2D eigenvalue weighted by Crippen LogP contribution is 2.51. The molecule has 0 bridgehead atoms. The number of anilines is 1. The lowest BCUT2D eigenvalue weighted by Gasteiger charge is -2.40. The molecule has 0 radical (unpaired) electrons. The molecule has 0 aromatic heterocycles. The number of alkyl halides is 3. The van der Waals surface area contributed by atoms with Crippen LogP contribution in [0.5, 0.6) is 5.75 Å². The van der Waals surface area contributed by atoms with Crippen molar-refractivity contribution in [2.45, 2.75) is 24.7 Å². The van der Waals surface area contributed by atoms with Gasteiger partial charge in [0.2, 0.25) is 0 Å². The lowest BCUT2D eigenvalue weighted by Crippen LogP contribution is -2.52. The van der Waals surface area contributed by atoms with Gasteiger partial charge >= 0.3 is 6.36 Å². The second-order valence-electron chi connectivity index (χ2n) is 7.79. The quantitative estimate of drug-likeness (QED) is 0.632. The first kappa shape index (κ1) is 22.6. The summed E-state index contributed by atoms with van der Waals surface area (Å²) >= 11 is -2.60. The molecule has 4 rings (SSSR count). The van der Waals surface area contributed by atoms with Gasteiger partial charge in [0.1, 0.15) is 0 Å². The van der Waals surface area contributed by atoms with E-state index in [2.05, 4.69) is 21.8 Å². The lowest BCUT2D eigenvalue weighted by atomic mass is 10.0. The Balaban J connectivity index is 1.46. The normalized spacial score (nSPS) is 19.3. The Morgan fingerprint density at radius 1 is 1.06 bits per heavy atom. The van der Waals surface area contributed by atoms with Gasteiger partial charge in [-0.25, -0.2) is 4.21 Å². The molecule has 172 valence electrons. The molecule has 7 nitrogen and oxygen atoms in total. The summed E-state index contributed by atoms with van der Waals surface area (Å²) in [5.74, 6) is -1.16. The molecule has 1 atom stereocenters. The molecule has 1 amide bonds. The predicted molar refractivity (Wildman–Crippen MR) is 112 cm³/mol. The number of carbonyl (C=O) groups is 1. The maximum Gasteiger partial charge on any atom is 0.573 e. The van der Waals surface area contributed by atoms with Gasteiger partial charge in [-0.05, 0) is 36.6 Å². The largest absolute Gasteiger partial charge is 0.573 e. The van der Waals surface area contributed by atoms with Gasteiger partial charge in [-0.15, -0.1) is 13.2 Å². The van der Waals surface area contributed by atoms with Gasteiger partial charge in [0, 0.05) is 37.3 Å². The molecule has 32 heavy (non-hydrogen) atoms. The second-order valence-corrected chi connectivity index (χ2v) is 8.49. The zero-order chi connectivity index (χ0) is 22.9. The minimum Gasteiger partial charge on any atom is -0.404 e. The molecule has 2 fully saturated rings. The summed E-state index contributed by atoms with van der Waals surface area (Å²) in [5.41, 5.74) is 0.939. The fourth-order valence-electron chi connectivity index (χ4n) is 4.22. The molecule has 2 aromatic carbocycles. The minimum atomic E-state index is -5.02. The number of nitrogens with one attached hydrogen (secondary N) is 1. The van der Waals surface area contributed by atoms with Crippen molar-refractivity contribution in [2.24, 2.45) is 0 Å². The van der Waals surface area contributed by atoms with Crippen LogP contribution in [0.3, 0.4) is 0 Å². The molecular formula is C21H22F3N3O4S. The molecule has 1 saturated heterocycles. The monoisotopic (exact) mass is 469 g/mol. The van der Waals surface area contributed by atoms with Crippen LogP contribution in [0.1, 0.15) is 28.8 Å². The third-order valence-corrected chi connectivity index (χ3v) is 6.25. The Kier molecular flexibility index (Phi) is 6.15. The van der Waals surface area contributed by atoms with Crippen molar-refractivity contribution in [1.82, 2.24) is 9.80 Å². The van der Waals surface area contributed by atoms with Crippen LogP contribution in [0.4, 0.5) is 18.9 Å². The topological polar surface area (TPSA) is 82.1 Å². The van der Waals surface area contributed by atoms with E-state index in [0.717, 1.165) is 25.0 Å². The van der Waals surface area contributed by atoms with Gasteiger partial charge in [0.05, 0.1) is 5.69 Å². The average molecular weight is 469 g/mol. The van der Waals surface area contributed by atoms with Gasteiger partial charge in [0.25, 0.3) is 17.2 Å². The summed E-state index contributed by atoms with van der Waals surface area (Å²) in [4.78, 5) is 16.9. The van der Waals surface area contributed by atoms with E-state index in [1.54, 1.807) is 4.90 Å². The fourth-order valence-corrected chi connectivity index (χ4v) is 4.57. The van der Waals surface area contributed by atoms with E-state index in [9.17, 15) is 22.2 Å². The number of ether oxygens (including phenoxy) is 1. The summed E-state index contributed by atoms with van der Waals surface area (Å²) in [5, 5.41) is 0. The highest BCUT2D eigenvalue weighted by Gasteiger charge is 2.50. The molecule has 1 saturated carbocycles. The van der Waals surface area contributed by atoms with Crippen molar-refractivity contribution < 1.29 is 31.5 Å². The van der Waals surface area contributed by atoms with Crippen LogP contribution in [0.15, 0.2) is 48.5 Å². The second kappa shape index (κ2) is 8.72.